The fraction of sp³-hybridized carbons (Fsp3) is 1.00. The second kappa shape index (κ2) is 6.04. The van der Waals surface area contributed by atoms with Gasteiger partial charge in [0.15, 0.2) is 16.6 Å². The molecular weight excluding hydrogens is 252 g/mol. The van der Waals surface area contributed by atoms with Crippen molar-refractivity contribution in [2.75, 3.05) is 19.0 Å². The molecule has 0 amide bonds. The lowest BCUT2D eigenvalue weighted by molar-refractivity contribution is 0.142. The first-order valence-electron chi connectivity index (χ1n) is 6.18. The summed E-state index contributed by atoms with van der Waals surface area (Å²) in [5.41, 5.74) is 0. The van der Waals surface area contributed by atoms with Crippen molar-refractivity contribution in [1.29, 1.82) is 0 Å². The molecule has 0 aromatic heterocycles. The van der Waals surface area contributed by atoms with Crippen LogP contribution in [0.1, 0.15) is 6.42 Å². The Morgan fingerprint density at radius 1 is 1.19 bits per heavy atom. The van der Waals surface area contributed by atoms with E-state index in [2.05, 4.69) is 32.7 Å². The third kappa shape index (κ3) is 7.89. The summed E-state index contributed by atoms with van der Waals surface area (Å²) in [6.07, 6.45) is 1.17. The van der Waals surface area contributed by atoms with Crippen LogP contribution in [0, 0.1) is 0 Å². The molecule has 1 fully saturated rings. The van der Waals surface area contributed by atoms with Gasteiger partial charge in [-0.3, -0.25) is 0 Å². The van der Waals surface area contributed by atoms with Gasteiger partial charge in [-0.25, -0.2) is 0 Å². The first kappa shape index (κ1) is 14.8. The van der Waals surface area contributed by atoms with Gasteiger partial charge in [-0.1, -0.05) is 0 Å². The summed E-state index contributed by atoms with van der Waals surface area (Å²) >= 11 is 2.00. The molecule has 96 valence electrons. The zero-order valence-electron chi connectivity index (χ0n) is 11.3. The fourth-order valence-corrected chi connectivity index (χ4v) is 10.3. The van der Waals surface area contributed by atoms with Crippen LogP contribution in [0.15, 0.2) is 0 Å². The van der Waals surface area contributed by atoms with Gasteiger partial charge in [-0.15, -0.1) is 0 Å². The first-order valence-corrected chi connectivity index (χ1v) is 13.8. The predicted octanol–water partition coefficient (Wildman–Crippen LogP) is 3.57. The number of rotatable bonds is 8. The highest BCUT2D eigenvalue weighted by Gasteiger charge is 2.29. The minimum atomic E-state index is -1.42. The van der Waals surface area contributed by atoms with Gasteiger partial charge >= 0.3 is 0 Å². The zero-order valence-corrected chi connectivity index (χ0v) is 14.2. The van der Waals surface area contributed by atoms with Crippen LogP contribution < -0.4 is 0 Å². The van der Waals surface area contributed by atoms with Gasteiger partial charge in [0, 0.05) is 17.6 Å². The van der Waals surface area contributed by atoms with Crippen molar-refractivity contribution in [3.8, 4) is 0 Å². The molecule has 1 saturated heterocycles. The maximum absolute atomic E-state index is 6.28. The van der Waals surface area contributed by atoms with Crippen LogP contribution in [0.25, 0.3) is 0 Å². The molecule has 1 heterocycles. The molecule has 1 aliphatic rings. The molecule has 0 aliphatic carbocycles. The van der Waals surface area contributed by atoms with Crippen molar-refractivity contribution >= 4 is 28.4 Å². The predicted molar refractivity (Wildman–Crippen MR) is 78.4 cm³/mol. The van der Waals surface area contributed by atoms with E-state index in [1.165, 1.54) is 18.2 Å². The van der Waals surface area contributed by atoms with Gasteiger partial charge in [0.25, 0.3) is 0 Å². The van der Waals surface area contributed by atoms with E-state index in [-0.39, 0.29) is 0 Å². The largest absolute Gasteiger partial charge is 0.456 e. The molecule has 16 heavy (non-hydrogen) atoms. The number of hydrogen-bond acceptors (Lipinski definition) is 3. The Morgan fingerprint density at radius 2 is 1.81 bits per heavy atom. The van der Waals surface area contributed by atoms with Crippen LogP contribution in [0.5, 0.6) is 0 Å². The lowest BCUT2D eigenvalue weighted by atomic mass is 10.5. The molecule has 2 nitrogen and oxygen atoms in total. The maximum atomic E-state index is 6.28. The van der Waals surface area contributed by atoms with Crippen LogP contribution >= 0.6 is 11.8 Å². The van der Waals surface area contributed by atoms with E-state index < -0.39 is 16.6 Å². The average Bonchev–Trinajstić information content (AvgIpc) is 2.82. The Labute approximate surface area is 107 Å². The summed E-state index contributed by atoms with van der Waals surface area (Å²) in [4.78, 5) is 0. The van der Waals surface area contributed by atoms with Gasteiger partial charge in [-0.2, -0.15) is 11.8 Å². The molecule has 0 aromatic carbocycles. The van der Waals surface area contributed by atoms with Crippen LogP contribution in [-0.4, -0.2) is 40.9 Å². The zero-order chi connectivity index (χ0) is 12.2. The molecule has 0 radical (unpaired) electrons. The highest BCUT2D eigenvalue weighted by Crippen LogP contribution is 2.30. The lowest BCUT2D eigenvalue weighted by Gasteiger charge is -2.31. The molecule has 1 unspecified atom stereocenters. The van der Waals surface area contributed by atoms with E-state index >= 15 is 0 Å². The van der Waals surface area contributed by atoms with Crippen molar-refractivity contribution in [1.82, 2.24) is 0 Å². The summed E-state index contributed by atoms with van der Waals surface area (Å²) in [6, 6.07) is 1.23. The van der Waals surface area contributed by atoms with Gasteiger partial charge < -0.3 is 8.85 Å². The van der Waals surface area contributed by atoms with E-state index in [9.17, 15) is 0 Å². The van der Waals surface area contributed by atoms with Crippen molar-refractivity contribution in [3.63, 3.8) is 0 Å². The molecule has 0 bridgehead atoms. The topological polar surface area (TPSA) is 18.5 Å². The molecule has 1 aliphatic heterocycles. The molecule has 0 aromatic rings. The Morgan fingerprint density at radius 3 is 2.31 bits per heavy atom. The smallest absolute Gasteiger partial charge is 0.173 e. The maximum Gasteiger partial charge on any atom is 0.173 e. The van der Waals surface area contributed by atoms with E-state index in [0.717, 1.165) is 18.5 Å². The molecule has 5 heteroatoms. The third-order valence-corrected chi connectivity index (χ3v) is 9.51. The van der Waals surface area contributed by atoms with Crippen LogP contribution in [0.2, 0.25) is 38.8 Å². The molecule has 0 spiro atoms. The normalized spacial score (nSPS) is 21.2. The fourth-order valence-electron chi connectivity index (χ4n) is 1.86. The Hall–Kier alpha value is 0.704. The van der Waals surface area contributed by atoms with Gasteiger partial charge in [-0.05, 0) is 45.2 Å². The van der Waals surface area contributed by atoms with Crippen molar-refractivity contribution < 1.29 is 8.85 Å². The Balaban J connectivity index is 2.04. The summed E-state index contributed by atoms with van der Waals surface area (Å²) in [5, 5.41) is 0.809. The van der Waals surface area contributed by atoms with E-state index in [4.69, 9.17) is 8.85 Å². The molecule has 1 rings (SSSR count). The van der Waals surface area contributed by atoms with Gasteiger partial charge in [0.1, 0.15) is 0 Å². The molecule has 0 N–H and O–H groups in total. The van der Waals surface area contributed by atoms with Crippen molar-refractivity contribution in [3.05, 3.63) is 0 Å². The van der Waals surface area contributed by atoms with Crippen molar-refractivity contribution in [2.24, 2.45) is 0 Å². The highest BCUT2D eigenvalue weighted by atomic mass is 32.2. The van der Waals surface area contributed by atoms with E-state index in [1.54, 1.807) is 0 Å². The second-order valence-electron chi connectivity index (χ2n) is 6.11. The summed E-state index contributed by atoms with van der Waals surface area (Å²) < 4.78 is 11.9. The summed E-state index contributed by atoms with van der Waals surface area (Å²) in [7, 11) is -2.78. The monoisotopic (exact) mass is 278 g/mol. The standard InChI is InChI=1S/C11H26O2SSi2/c1-15(2,3)13-16(4,5)8-6-7-12-9-11-10-14-11/h11H,6-10H2,1-5H3. The highest BCUT2D eigenvalue weighted by molar-refractivity contribution is 8.06. The minimum absolute atomic E-state index is 0.809. The number of hydrogen-bond donors (Lipinski definition) is 0. The van der Waals surface area contributed by atoms with E-state index in [1.807, 2.05) is 11.8 Å². The van der Waals surface area contributed by atoms with Gasteiger partial charge in [0.05, 0.1) is 6.61 Å². The second-order valence-corrected chi connectivity index (χ2v) is 16.5. The van der Waals surface area contributed by atoms with Crippen LogP contribution in [0.4, 0.5) is 0 Å². The molecular formula is C11H26O2SSi2. The quantitative estimate of drug-likeness (QED) is 0.384. The van der Waals surface area contributed by atoms with Crippen LogP contribution in [-0.2, 0) is 8.85 Å². The average molecular weight is 279 g/mol. The van der Waals surface area contributed by atoms with Gasteiger partial charge in [0.2, 0.25) is 0 Å². The SMILES string of the molecule is C[Si](C)(C)O[Si](C)(C)CCCOCC1CS1. The van der Waals surface area contributed by atoms with Crippen molar-refractivity contribution in [2.45, 2.75) is 50.4 Å². The molecule has 1 atom stereocenters. The van der Waals surface area contributed by atoms with Crippen LogP contribution in [0.3, 0.4) is 0 Å². The Bertz CT molecular complexity index is 213. The number of thioether (sulfide) groups is 1. The molecule has 0 saturated carbocycles. The lowest BCUT2D eigenvalue weighted by Crippen LogP contribution is -2.42. The summed E-state index contributed by atoms with van der Waals surface area (Å²) in [6.45, 7) is 13.4. The van der Waals surface area contributed by atoms with E-state index in [0.29, 0.717) is 0 Å². The first-order chi connectivity index (χ1) is 7.29. The number of ether oxygens (including phenoxy) is 1. The minimum Gasteiger partial charge on any atom is -0.456 e. The summed E-state index contributed by atoms with van der Waals surface area (Å²) in [5.74, 6) is 1.30. The third-order valence-electron chi connectivity index (χ3n) is 2.36. The Kier molecular flexibility index (Phi) is 5.58.